The summed E-state index contributed by atoms with van der Waals surface area (Å²) in [6.45, 7) is 4.65. The second-order valence-electron chi connectivity index (χ2n) is 5.39. The van der Waals surface area contributed by atoms with Crippen LogP contribution >= 0.6 is 11.3 Å². The van der Waals surface area contributed by atoms with Gasteiger partial charge in [0, 0.05) is 25.5 Å². The molecule has 0 atom stereocenters. The maximum Gasteiger partial charge on any atom is 0.305 e. The van der Waals surface area contributed by atoms with Gasteiger partial charge in [-0.3, -0.25) is 9.59 Å². The summed E-state index contributed by atoms with van der Waals surface area (Å²) < 4.78 is 0. The lowest BCUT2D eigenvalue weighted by Crippen LogP contribution is -2.35. The van der Waals surface area contributed by atoms with E-state index >= 15 is 0 Å². The van der Waals surface area contributed by atoms with E-state index in [2.05, 4.69) is 15.0 Å². The summed E-state index contributed by atoms with van der Waals surface area (Å²) in [5, 5.41) is 9.40. The van der Waals surface area contributed by atoms with Gasteiger partial charge in [0.25, 0.3) is 5.91 Å². The van der Waals surface area contributed by atoms with Crippen molar-refractivity contribution in [1.29, 1.82) is 0 Å². The molecule has 8 heteroatoms. The van der Waals surface area contributed by atoms with E-state index in [-0.39, 0.29) is 24.8 Å². The second-order valence-corrected chi connectivity index (χ2v) is 6.42. The molecule has 2 aromatic heterocycles. The molecule has 0 unspecified atom stereocenters. The highest BCUT2D eigenvalue weighted by Crippen LogP contribution is 2.23. The van der Waals surface area contributed by atoms with Crippen molar-refractivity contribution >= 4 is 23.2 Å². The summed E-state index contributed by atoms with van der Waals surface area (Å²) in [5.74, 6) is -0.413. The van der Waals surface area contributed by atoms with E-state index in [0.717, 1.165) is 0 Å². The van der Waals surface area contributed by atoms with Crippen LogP contribution in [0, 0.1) is 5.92 Å². The molecule has 0 saturated carbocycles. The van der Waals surface area contributed by atoms with Gasteiger partial charge in [0.1, 0.15) is 4.88 Å². The first-order chi connectivity index (χ1) is 11.0. The first kappa shape index (κ1) is 17.0. The Balaban J connectivity index is 2.16. The number of aromatic nitrogens is 3. The van der Waals surface area contributed by atoms with Gasteiger partial charge in [0.2, 0.25) is 0 Å². The fourth-order valence-corrected chi connectivity index (χ4v) is 2.82. The average molecular weight is 334 g/mol. The molecule has 1 N–H and O–H groups in total. The van der Waals surface area contributed by atoms with Gasteiger partial charge < -0.3 is 10.0 Å². The molecule has 0 saturated heterocycles. The van der Waals surface area contributed by atoms with Crippen LogP contribution in [-0.2, 0) is 4.79 Å². The second kappa shape index (κ2) is 7.77. The highest BCUT2D eigenvalue weighted by molar-refractivity contribution is 7.16. The number of carbonyl (C=O) groups is 2. The van der Waals surface area contributed by atoms with Gasteiger partial charge in [-0.2, -0.15) is 0 Å². The quantitative estimate of drug-likeness (QED) is 0.833. The Morgan fingerprint density at radius 1 is 1.26 bits per heavy atom. The largest absolute Gasteiger partial charge is 0.481 e. The van der Waals surface area contributed by atoms with Crippen molar-refractivity contribution in [2.24, 2.45) is 5.92 Å². The minimum atomic E-state index is -0.922. The first-order valence-corrected chi connectivity index (χ1v) is 8.03. The molecule has 0 spiro atoms. The summed E-state index contributed by atoms with van der Waals surface area (Å²) in [6.07, 6.45) is 4.64. The fraction of sp³-hybridized carbons (Fsp3) is 0.400. The zero-order valence-electron chi connectivity index (χ0n) is 13.0. The number of aliphatic carboxylic acids is 1. The highest BCUT2D eigenvalue weighted by atomic mass is 32.1. The van der Waals surface area contributed by atoms with Gasteiger partial charge >= 0.3 is 5.97 Å². The maximum atomic E-state index is 12.6. The zero-order valence-corrected chi connectivity index (χ0v) is 13.8. The predicted octanol–water partition coefficient (Wildman–Crippen LogP) is 2.17. The van der Waals surface area contributed by atoms with Crippen LogP contribution in [0.1, 0.15) is 29.9 Å². The normalized spacial score (nSPS) is 10.7. The number of nitrogens with zero attached hydrogens (tertiary/aromatic N) is 4. The summed E-state index contributed by atoms with van der Waals surface area (Å²) in [7, 11) is 0. The number of rotatable bonds is 7. The Morgan fingerprint density at radius 3 is 2.57 bits per heavy atom. The Morgan fingerprint density at radius 2 is 1.96 bits per heavy atom. The SMILES string of the molecule is CC(C)CN(CCC(=O)O)C(=O)c1cnc(-c2ncccn2)s1. The third-order valence-electron chi connectivity index (χ3n) is 2.94. The molecule has 0 aliphatic heterocycles. The molecule has 2 rings (SSSR count). The van der Waals surface area contributed by atoms with Crippen LogP contribution in [0.15, 0.2) is 24.7 Å². The van der Waals surface area contributed by atoms with E-state index in [9.17, 15) is 9.59 Å². The molecule has 122 valence electrons. The molecular weight excluding hydrogens is 316 g/mol. The first-order valence-electron chi connectivity index (χ1n) is 7.21. The van der Waals surface area contributed by atoms with E-state index in [1.807, 2.05) is 13.8 Å². The van der Waals surface area contributed by atoms with E-state index < -0.39 is 5.97 Å². The maximum absolute atomic E-state index is 12.6. The molecule has 0 radical (unpaired) electrons. The average Bonchev–Trinajstić information content (AvgIpc) is 3.01. The van der Waals surface area contributed by atoms with Gasteiger partial charge in [-0.15, -0.1) is 11.3 Å². The standard InChI is InChI=1S/C15H18N4O3S/c1-10(2)9-19(7-4-12(20)21)15(22)11-8-18-14(23-11)13-16-5-3-6-17-13/h3,5-6,8,10H,4,7,9H2,1-2H3,(H,20,21). The van der Waals surface area contributed by atoms with Crippen LogP contribution in [0.3, 0.4) is 0 Å². The van der Waals surface area contributed by atoms with Gasteiger partial charge in [0.05, 0.1) is 12.6 Å². The Kier molecular flexibility index (Phi) is 5.75. The molecule has 23 heavy (non-hydrogen) atoms. The molecule has 0 fully saturated rings. The van der Waals surface area contributed by atoms with Crippen molar-refractivity contribution in [3.63, 3.8) is 0 Å². The van der Waals surface area contributed by atoms with Crippen molar-refractivity contribution in [1.82, 2.24) is 19.9 Å². The number of hydrogen-bond donors (Lipinski definition) is 1. The van der Waals surface area contributed by atoms with Crippen molar-refractivity contribution in [2.45, 2.75) is 20.3 Å². The van der Waals surface area contributed by atoms with Crippen LogP contribution in [0.5, 0.6) is 0 Å². The fourth-order valence-electron chi connectivity index (χ4n) is 1.99. The number of amides is 1. The summed E-state index contributed by atoms with van der Waals surface area (Å²) in [6, 6.07) is 1.71. The van der Waals surface area contributed by atoms with Crippen molar-refractivity contribution in [3.05, 3.63) is 29.5 Å². The highest BCUT2D eigenvalue weighted by Gasteiger charge is 2.21. The van der Waals surface area contributed by atoms with Gasteiger partial charge in [0.15, 0.2) is 10.8 Å². The van der Waals surface area contributed by atoms with E-state index in [4.69, 9.17) is 5.11 Å². The Bertz CT molecular complexity index is 672. The topological polar surface area (TPSA) is 96.3 Å². The van der Waals surface area contributed by atoms with Gasteiger partial charge in [-0.1, -0.05) is 13.8 Å². The summed E-state index contributed by atoms with van der Waals surface area (Å²) in [5.41, 5.74) is 0. The van der Waals surface area contributed by atoms with Crippen LogP contribution in [-0.4, -0.2) is 49.9 Å². The third kappa shape index (κ3) is 4.82. The number of hydrogen-bond acceptors (Lipinski definition) is 6. The van der Waals surface area contributed by atoms with E-state index in [1.165, 1.54) is 17.5 Å². The van der Waals surface area contributed by atoms with Gasteiger partial charge in [-0.25, -0.2) is 15.0 Å². The van der Waals surface area contributed by atoms with E-state index in [1.54, 1.807) is 23.4 Å². The molecule has 1 amide bonds. The van der Waals surface area contributed by atoms with Gasteiger partial charge in [-0.05, 0) is 12.0 Å². The van der Waals surface area contributed by atoms with Crippen molar-refractivity contribution < 1.29 is 14.7 Å². The molecule has 0 bridgehead atoms. The van der Waals surface area contributed by atoms with Crippen LogP contribution < -0.4 is 0 Å². The third-order valence-corrected chi connectivity index (χ3v) is 3.92. The molecule has 0 aromatic carbocycles. The minimum absolute atomic E-state index is 0.0775. The predicted molar refractivity (Wildman–Crippen MR) is 86.1 cm³/mol. The Labute approximate surface area is 138 Å². The molecule has 7 nitrogen and oxygen atoms in total. The number of thiazole rings is 1. The summed E-state index contributed by atoms with van der Waals surface area (Å²) >= 11 is 1.21. The van der Waals surface area contributed by atoms with Crippen molar-refractivity contribution in [3.8, 4) is 10.8 Å². The molecule has 2 heterocycles. The molecule has 0 aliphatic carbocycles. The lowest BCUT2D eigenvalue weighted by Gasteiger charge is -2.23. The molecule has 2 aromatic rings. The molecular formula is C15H18N4O3S. The van der Waals surface area contributed by atoms with Crippen LogP contribution in [0.4, 0.5) is 0 Å². The number of carboxylic acid groups (broad SMARTS) is 1. The van der Waals surface area contributed by atoms with Crippen LogP contribution in [0.2, 0.25) is 0 Å². The van der Waals surface area contributed by atoms with E-state index in [0.29, 0.717) is 22.3 Å². The zero-order chi connectivity index (χ0) is 16.8. The lowest BCUT2D eigenvalue weighted by molar-refractivity contribution is -0.137. The Hall–Kier alpha value is -2.35. The number of carbonyl (C=O) groups excluding carboxylic acids is 1. The summed E-state index contributed by atoms with van der Waals surface area (Å²) in [4.78, 5) is 37.8. The minimum Gasteiger partial charge on any atom is -0.481 e. The lowest BCUT2D eigenvalue weighted by atomic mass is 10.2. The smallest absolute Gasteiger partial charge is 0.305 e. The molecule has 0 aliphatic rings. The monoisotopic (exact) mass is 334 g/mol. The van der Waals surface area contributed by atoms with Crippen LogP contribution in [0.25, 0.3) is 10.8 Å². The van der Waals surface area contributed by atoms with Crippen molar-refractivity contribution in [2.75, 3.05) is 13.1 Å². The number of carboxylic acids is 1.